The minimum atomic E-state index is -0.425. The third kappa shape index (κ3) is 6.02. The van der Waals surface area contributed by atoms with Crippen LogP contribution < -0.4 is 10.6 Å². The minimum Gasteiger partial charge on any atom is -0.465 e. The van der Waals surface area contributed by atoms with Crippen LogP contribution in [0.5, 0.6) is 0 Å². The molecule has 152 valence electrons. The number of rotatable bonds is 8. The van der Waals surface area contributed by atoms with Gasteiger partial charge in [0.25, 0.3) is 0 Å². The number of thioether (sulfide) groups is 1. The van der Waals surface area contributed by atoms with Crippen LogP contribution in [0.3, 0.4) is 0 Å². The van der Waals surface area contributed by atoms with Crippen molar-refractivity contribution in [2.45, 2.75) is 32.7 Å². The first kappa shape index (κ1) is 21.8. The van der Waals surface area contributed by atoms with Crippen LogP contribution in [0.25, 0.3) is 0 Å². The van der Waals surface area contributed by atoms with Gasteiger partial charge in [0.15, 0.2) is 5.96 Å². The number of ether oxygens (including phenoxy) is 1. The van der Waals surface area contributed by atoms with Gasteiger partial charge in [-0.05, 0) is 49.4 Å². The van der Waals surface area contributed by atoms with E-state index in [0.29, 0.717) is 42.7 Å². The monoisotopic (exact) mass is 407 g/mol. The SMILES string of the molecule is CCNC(=NCc1ccc(F)cc1CSC)NCc1cc(C(=O)OC)c(C)o1. The van der Waals surface area contributed by atoms with E-state index in [4.69, 9.17) is 9.15 Å². The summed E-state index contributed by atoms with van der Waals surface area (Å²) in [5.74, 6) is 1.79. The number of nitrogens with zero attached hydrogens (tertiary/aromatic N) is 1. The van der Waals surface area contributed by atoms with Gasteiger partial charge in [-0.15, -0.1) is 0 Å². The highest BCUT2D eigenvalue weighted by Crippen LogP contribution is 2.18. The summed E-state index contributed by atoms with van der Waals surface area (Å²) in [6.07, 6.45) is 1.98. The van der Waals surface area contributed by atoms with E-state index in [1.54, 1.807) is 36.9 Å². The molecule has 0 amide bonds. The number of nitrogens with one attached hydrogen (secondary N) is 2. The van der Waals surface area contributed by atoms with Gasteiger partial charge in [-0.1, -0.05) is 6.07 Å². The molecule has 0 saturated carbocycles. The summed E-state index contributed by atoms with van der Waals surface area (Å²) in [6.45, 7) is 5.18. The second kappa shape index (κ2) is 10.8. The molecule has 2 aromatic rings. The van der Waals surface area contributed by atoms with Crippen LogP contribution in [-0.4, -0.2) is 31.8 Å². The maximum atomic E-state index is 13.5. The first-order valence-corrected chi connectivity index (χ1v) is 10.3. The fraction of sp³-hybridized carbons (Fsp3) is 0.400. The highest BCUT2D eigenvalue weighted by Gasteiger charge is 2.15. The molecule has 0 saturated heterocycles. The molecule has 0 bridgehead atoms. The molecule has 0 unspecified atom stereocenters. The van der Waals surface area contributed by atoms with Gasteiger partial charge in [-0.3, -0.25) is 0 Å². The Labute approximate surface area is 168 Å². The molecule has 8 heteroatoms. The first-order valence-electron chi connectivity index (χ1n) is 8.94. The van der Waals surface area contributed by atoms with E-state index < -0.39 is 5.97 Å². The number of aryl methyl sites for hydroxylation is 1. The maximum Gasteiger partial charge on any atom is 0.341 e. The summed E-state index contributed by atoms with van der Waals surface area (Å²) in [4.78, 5) is 16.3. The molecule has 0 fully saturated rings. The number of esters is 1. The molecular formula is C20H26FN3O3S. The third-order valence-electron chi connectivity index (χ3n) is 4.02. The quantitative estimate of drug-likeness (QED) is 0.395. The Hall–Kier alpha value is -2.48. The molecule has 0 radical (unpaired) electrons. The van der Waals surface area contributed by atoms with Crippen LogP contribution in [0.15, 0.2) is 33.7 Å². The normalized spacial score (nSPS) is 11.4. The predicted molar refractivity (Wildman–Crippen MR) is 110 cm³/mol. The van der Waals surface area contributed by atoms with Crippen molar-refractivity contribution in [3.8, 4) is 0 Å². The Kier molecular flexibility index (Phi) is 8.38. The first-order chi connectivity index (χ1) is 13.5. The summed E-state index contributed by atoms with van der Waals surface area (Å²) in [5, 5.41) is 6.35. The minimum absolute atomic E-state index is 0.239. The standard InChI is InChI=1S/C20H26FN3O3S/c1-5-22-20(23-10-14-6-7-16(21)8-15(14)12-28-4)24-11-17-9-18(13(2)27-17)19(25)26-3/h6-9H,5,10-12H2,1-4H3,(H2,22,23,24). The van der Waals surface area contributed by atoms with Gasteiger partial charge in [0, 0.05) is 12.3 Å². The van der Waals surface area contributed by atoms with Crippen molar-refractivity contribution in [1.82, 2.24) is 10.6 Å². The molecule has 1 aromatic heterocycles. The van der Waals surface area contributed by atoms with Gasteiger partial charge in [0.1, 0.15) is 22.9 Å². The van der Waals surface area contributed by atoms with E-state index in [9.17, 15) is 9.18 Å². The lowest BCUT2D eigenvalue weighted by Gasteiger charge is -2.11. The number of furan rings is 1. The molecule has 2 N–H and O–H groups in total. The molecule has 0 aliphatic rings. The molecule has 2 rings (SSSR count). The summed E-state index contributed by atoms with van der Waals surface area (Å²) >= 11 is 1.64. The third-order valence-corrected chi connectivity index (χ3v) is 4.62. The molecule has 6 nitrogen and oxygen atoms in total. The summed E-state index contributed by atoms with van der Waals surface area (Å²) in [7, 11) is 1.34. The topological polar surface area (TPSA) is 75.9 Å². The van der Waals surface area contributed by atoms with Crippen molar-refractivity contribution >= 4 is 23.7 Å². The highest BCUT2D eigenvalue weighted by atomic mass is 32.2. The van der Waals surface area contributed by atoms with Crippen molar-refractivity contribution in [1.29, 1.82) is 0 Å². The van der Waals surface area contributed by atoms with Gasteiger partial charge in [-0.2, -0.15) is 11.8 Å². The van der Waals surface area contributed by atoms with E-state index in [0.717, 1.165) is 16.9 Å². The lowest BCUT2D eigenvalue weighted by Crippen LogP contribution is -2.36. The van der Waals surface area contributed by atoms with E-state index in [1.807, 2.05) is 13.2 Å². The number of carbonyl (C=O) groups is 1. The molecule has 0 spiro atoms. The van der Waals surface area contributed by atoms with Crippen molar-refractivity contribution in [3.63, 3.8) is 0 Å². The van der Waals surface area contributed by atoms with E-state index in [2.05, 4.69) is 15.6 Å². The Morgan fingerprint density at radius 2 is 2.07 bits per heavy atom. The van der Waals surface area contributed by atoms with Gasteiger partial charge >= 0.3 is 5.97 Å². The molecule has 0 aliphatic heterocycles. The van der Waals surface area contributed by atoms with E-state index in [1.165, 1.54) is 13.2 Å². The number of hydrogen-bond acceptors (Lipinski definition) is 5. The molecule has 1 aromatic carbocycles. The molecule has 1 heterocycles. The van der Waals surface area contributed by atoms with Crippen molar-refractivity contribution in [2.75, 3.05) is 19.9 Å². The number of carbonyl (C=O) groups excluding carboxylic acids is 1. The van der Waals surface area contributed by atoms with Crippen LogP contribution in [0.2, 0.25) is 0 Å². The second-order valence-electron chi connectivity index (χ2n) is 6.07. The van der Waals surface area contributed by atoms with E-state index in [-0.39, 0.29) is 5.82 Å². The Morgan fingerprint density at radius 3 is 2.75 bits per heavy atom. The lowest BCUT2D eigenvalue weighted by atomic mass is 10.1. The second-order valence-corrected chi connectivity index (χ2v) is 6.93. The van der Waals surface area contributed by atoms with Gasteiger partial charge in [-0.25, -0.2) is 14.2 Å². The van der Waals surface area contributed by atoms with Gasteiger partial charge in [0.05, 0.1) is 20.2 Å². The largest absolute Gasteiger partial charge is 0.465 e. The number of guanidine groups is 1. The van der Waals surface area contributed by atoms with Crippen LogP contribution in [-0.2, 0) is 23.6 Å². The number of hydrogen-bond donors (Lipinski definition) is 2. The van der Waals surface area contributed by atoms with Crippen molar-refractivity contribution in [2.24, 2.45) is 4.99 Å². The average Bonchev–Trinajstić information content (AvgIpc) is 3.05. The Morgan fingerprint density at radius 1 is 1.29 bits per heavy atom. The Bertz CT molecular complexity index is 836. The molecule has 0 aliphatic carbocycles. The number of methoxy groups -OCH3 is 1. The van der Waals surface area contributed by atoms with Gasteiger partial charge in [0.2, 0.25) is 0 Å². The zero-order valence-electron chi connectivity index (χ0n) is 16.6. The summed E-state index contributed by atoms with van der Waals surface area (Å²) in [5.41, 5.74) is 2.33. The fourth-order valence-electron chi connectivity index (χ4n) is 2.66. The van der Waals surface area contributed by atoms with Crippen LogP contribution in [0, 0.1) is 12.7 Å². The maximum absolute atomic E-state index is 13.5. The number of aliphatic imine (C=N–C) groups is 1. The lowest BCUT2D eigenvalue weighted by molar-refractivity contribution is 0.0599. The molecule has 0 atom stereocenters. The molecular weight excluding hydrogens is 381 g/mol. The van der Waals surface area contributed by atoms with E-state index >= 15 is 0 Å². The highest BCUT2D eigenvalue weighted by molar-refractivity contribution is 7.97. The van der Waals surface area contributed by atoms with Crippen LogP contribution >= 0.6 is 11.8 Å². The van der Waals surface area contributed by atoms with Crippen molar-refractivity contribution in [3.05, 3.63) is 58.3 Å². The average molecular weight is 408 g/mol. The summed E-state index contributed by atoms with van der Waals surface area (Å²) in [6, 6.07) is 6.44. The van der Waals surface area contributed by atoms with Gasteiger partial charge < -0.3 is 19.8 Å². The zero-order chi connectivity index (χ0) is 20.5. The fourth-order valence-corrected chi connectivity index (χ4v) is 3.24. The Balaban J connectivity index is 2.08. The number of benzene rings is 1. The molecule has 28 heavy (non-hydrogen) atoms. The zero-order valence-corrected chi connectivity index (χ0v) is 17.4. The van der Waals surface area contributed by atoms with Crippen LogP contribution in [0.4, 0.5) is 4.39 Å². The summed E-state index contributed by atoms with van der Waals surface area (Å²) < 4.78 is 23.8. The van der Waals surface area contributed by atoms with Crippen LogP contribution in [0.1, 0.15) is 39.9 Å². The number of halogens is 1. The predicted octanol–water partition coefficient (Wildman–Crippen LogP) is 3.63. The smallest absolute Gasteiger partial charge is 0.341 e. The van der Waals surface area contributed by atoms with Crippen molar-refractivity contribution < 1.29 is 18.3 Å².